The Kier molecular flexibility index (Phi) is 3.82. The summed E-state index contributed by atoms with van der Waals surface area (Å²) in [7, 11) is 0. The van der Waals surface area contributed by atoms with Crippen LogP contribution in [0.3, 0.4) is 0 Å². The molecule has 2 N–H and O–H groups in total. The van der Waals surface area contributed by atoms with E-state index in [-0.39, 0.29) is 6.04 Å². The number of benzene rings is 2. The lowest BCUT2D eigenvalue weighted by Gasteiger charge is -2.13. The number of rotatable bonds is 3. The van der Waals surface area contributed by atoms with Gasteiger partial charge in [0.15, 0.2) is 0 Å². The fraction of sp³-hybridized carbons (Fsp3) is 0.200. The van der Waals surface area contributed by atoms with Crippen LogP contribution in [0, 0.1) is 0 Å². The number of hydrogen-bond donors (Lipinski definition) is 1. The van der Waals surface area contributed by atoms with Crippen LogP contribution in [0.1, 0.15) is 29.7 Å². The van der Waals surface area contributed by atoms with E-state index < -0.39 is 0 Å². The first kappa shape index (κ1) is 12.2. The zero-order valence-electron chi connectivity index (χ0n) is 9.86. The molecule has 0 amide bonds. The zero-order chi connectivity index (χ0) is 12.3. The molecule has 1 unspecified atom stereocenters. The molecule has 1 atom stereocenters. The van der Waals surface area contributed by atoms with Crippen LogP contribution < -0.4 is 5.73 Å². The van der Waals surface area contributed by atoms with Crippen LogP contribution >= 0.6 is 11.6 Å². The summed E-state index contributed by atoms with van der Waals surface area (Å²) >= 11 is 5.86. The molecule has 0 fully saturated rings. The molecule has 1 nitrogen and oxygen atoms in total. The quantitative estimate of drug-likeness (QED) is 0.871. The summed E-state index contributed by atoms with van der Waals surface area (Å²) in [6.45, 7) is 2.15. The molecule has 0 spiro atoms. The van der Waals surface area contributed by atoms with Crippen molar-refractivity contribution in [1.29, 1.82) is 0 Å². The van der Waals surface area contributed by atoms with Gasteiger partial charge in [-0.25, -0.2) is 0 Å². The molecule has 0 saturated carbocycles. The van der Waals surface area contributed by atoms with Crippen molar-refractivity contribution < 1.29 is 0 Å². The summed E-state index contributed by atoms with van der Waals surface area (Å²) < 4.78 is 0. The largest absolute Gasteiger partial charge is 0.320 e. The average Bonchev–Trinajstić information content (AvgIpc) is 2.39. The molecule has 0 heterocycles. The van der Waals surface area contributed by atoms with Gasteiger partial charge in [-0.15, -0.1) is 0 Å². The van der Waals surface area contributed by atoms with Crippen molar-refractivity contribution in [3.05, 3.63) is 70.2 Å². The standard InChI is InChI=1S/C15H16ClN/c1-2-11-3-5-12(6-4-11)15(17)13-7-9-14(16)10-8-13/h3-10,15H,2,17H2,1H3. The molecule has 88 valence electrons. The van der Waals surface area contributed by atoms with Gasteiger partial charge in [0.1, 0.15) is 0 Å². The molecule has 2 aromatic rings. The lowest BCUT2D eigenvalue weighted by atomic mass is 9.98. The highest BCUT2D eigenvalue weighted by Crippen LogP contribution is 2.21. The summed E-state index contributed by atoms with van der Waals surface area (Å²) in [6, 6.07) is 16.1. The third-order valence-corrected chi connectivity index (χ3v) is 3.23. The van der Waals surface area contributed by atoms with Crippen LogP contribution in [0.2, 0.25) is 5.02 Å². The molecule has 2 heteroatoms. The second kappa shape index (κ2) is 5.35. The summed E-state index contributed by atoms with van der Waals surface area (Å²) in [6.07, 6.45) is 1.05. The number of halogens is 1. The second-order valence-electron chi connectivity index (χ2n) is 4.12. The van der Waals surface area contributed by atoms with E-state index in [1.165, 1.54) is 5.56 Å². The molecule has 0 aromatic heterocycles. The van der Waals surface area contributed by atoms with Gasteiger partial charge in [0.25, 0.3) is 0 Å². The van der Waals surface area contributed by atoms with E-state index in [2.05, 4.69) is 31.2 Å². The summed E-state index contributed by atoms with van der Waals surface area (Å²) in [4.78, 5) is 0. The Balaban J connectivity index is 2.23. The third-order valence-electron chi connectivity index (χ3n) is 2.98. The fourth-order valence-electron chi connectivity index (χ4n) is 1.82. The Morgan fingerprint density at radius 3 is 1.88 bits per heavy atom. The second-order valence-corrected chi connectivity index (χ2v) is 4.56. The first-order valence-electron chi connectivity index (χ1n) is 5.80. The first-order valence-corrected chi connectivity index (χ1v) is 6.18. The molecule has 0 radical (unpaired) electrons. The topological polar surface area (TPSA) is 26.0 Å². The normalized spacial score (nSPS) is 12.4. The van der Waals surface area contributed by atoms with Gasteiger partial charge in [0.2, 0.25) is 0 Å². The van der Waals surface area contributed by atoms with Crippen molar-refractivity contribution in [2.24, 2.45) is 5.73 Å². The van der Waals surface area contributed by atoms with Crippen LogP contribution in [-0.4, -0.2) is 0 Å². The molecule has 2 rings (SSSR count). The van der Waals surface area contributed by atoms with E-state index >= 15 is 0 Å². The lowest BCUT2D eigenvalue weighted by Crippen LogP contribution is -2.11. The van der Waals surface area contributed by atoms with E-state index in [0.29, 0.717) is 0 Å². The highest BCUT2D eigenvalue weighted by Gasteiger charge is 2.08. The van der Waals surface area contributed by atoms with Gasteiger partial charge in [-0.2, -0.15) is 0 Å². The van der Waals surface area contributed by atoms with Crippen LogP contribution in [0.25, 0.3) is 0 Å². The maximum Gasteiger partial charge on any atom is 0.0551 e. The molecular formula is C15H16ClN. The van der Waals surface area contributed by atoms with Gasteiger partial charge in [-0.1, -0.05) is 54.9 Å². The molecular weight excluding hydrogens is 230 g/mol. The van der Waals surface area contributed by atoms with E-state index in [9.17, 15) is 0 Å². The third kappa shape index (κ3) is 2.87. The Hall–Kier alpha value is -1.31. The maximum atomic E-state index is 6.21. The Bertz CT molecular complexity index is 473. The van der Waals surface area contributed by atoms with E-state index in [1.54, 1.807) is 0 Å². The lowest BCUT2D eigenvalue weighted by molar-refractivity contribution is 0.870. The highest BCUT2D eigenvalue weighted by atomic mass is 35.5. The average molecular weight is 246 g/mol. The summed E-state index contributed by atoms with van der Waals surface area (Å²) in [5, 5.41) is 0.738. The van der Waals surface area contributed by atoms with Crippen molar-refractivity contribution in [2.45, 2.75) is 19.4 Å². The van der Waals surface area contributed by atoms with Crippen LogP contribution in [0.4, 0.5) is 0 Å². The first-order chi connectivity index (χ1) is 8.20. The van der Waals surface area contributed by atoms with Crippen LogP contribution in [-0.2, 0) is 6.42 Å². The maximum absolute atomic E-state index is 6.21. The van der Waals surface area contributed by atoms with Crippen molar-refractivity contribution in [3.63, 3.8) is 0 Å². The van der Waals surface area contributed by atoms with Crippen molar-refractivity contribution in [2.75, 3.05) is 0 Å². The smallest absolute Gasteiger partial charge is 0.0551 e. The molecule has 17 heavy (non-hydrogen) atoms. The predicted molar refractivity (Wildman–Crippen MR) is 73.3 cm³/mol. The van der Waals surface area contributed by atoms with Gasteiger partial charge in [-0.3, -0.25) is 0 Å². The van der Waals surface area contributed by atoms with Gasteiger partial charge in [0, 0.05) is 5.02 Å². The molecule has 0 aliphatic rings. The zero-order valence-corrected chi connectivity index (χ0v) is 10.6. The predicted octanol–water partition coefficient (Wildman–Crippen LogP) is 3.95. The van der Waals surface area contributed by atoms with Crippen LogP contribution in [0.15, 0.2) is 48.5 Å². The number of nitrogens with two attached hydrogens (primary N) is 1. The fourth-order valence-corrected chi connectivity index (χ4v) is 1.95. The summed E-state index contributed by atoms with van der Waals surface area (Å²) in [5.74, 6) is 0. The molecule has 0 bridgehead atoms. The van der Waals surface area contributed by atoms with Gasteiger partial charge < -0.3 is 5.73 Å². The minimum Gasteiger partial charge on any atom is -0.320 e. The van der Waals surface area contributed by atoms with E-state index in [4.69, 9.17) is 17.3 Å². The number of hydrogen-bond acceptors (Lipinski definition) is 1. The van der Waals surface area contributed by atoms with Crippen molar-refractivity contribution >= 4 is 11.6 Å². The Labute approximate surface area is 107 Å². The SMILES string of the molecule is CCc1ccc(C(N)c2ccc(Cl)cc2)cc1. The van der Waals surface area contributed by atoms with E-state index in [0.717, 1.165) is 22.6 Å². The minimum atomic E-state index is -0.0850. The molecule has 2 aromatic carbocycles. The molecule has 0 aliphatic heterocycles. The van der Waals surface area contributed by atoms with Crippen molar-refractivity contribution in [1.82, 2.24) is 0 Å². The summed E-state index contributed by atoms with van der Waals surface area (Å²) in [5.41, 5.74) is 9.76. The van der Waals surface area contributed by atoms with Crippen molar-refractivity contribution in [3.8, 4) is 0 Å². The Morgan fingerprint density at radius 1 is 0.941 bits per heavy atom. The van der Waals surface area contributed by atoms with Gasteiger partial charge in [-0.05, 0) is 35.2 Å². The van der Waals surface area contributed by atoms with E-state index in [1.807, 2.05) is 24.3 Å². The highest BCUT2D eigenvalue weighted by molar-refractivity contribution is 6.30. The minimum absolute atomic E-state index is 0.0850. The molecule has 0 aliphatic carbocycles. The number of aryl methyl sites for hydroxylation is 1. The molecule has 0 saturated heterocycles. The van der Waals surface area contributed by atoms with Crippen LogP contribution in [0.5, 0.6) is 0 Å². The van der Waals surface area contributed by atoms with Gasteiger partial charge in [0.05, 0.1) is 6.04 Å². The monoisotopic (exact) mass is 245 g/mol. The van der Waals surface area contributed by atoms with Gasteiger partial charge >= 0.3 is 0 Å². The Morgan fingerprint density at radius 2 is 1.41 bits per heavy atom.